The molecule has 8 nitrogen and oxygen atoms in total. The fourth-order valence-electron chi connectivity index (χ4n) is 4.27. The molecule has 0 radical (unpaired) electrons. The number of H-pyrrole nitrogens is 1. The van der Waals surface area contributed by atoms with Crippen LogP contribution in [0.4, 0.5) is 5.95 Å². The van der Waals surface area contributed by atoms with Crippen LogP contribution in [0.25, 0.3) is 11.0 Å². The Balaban J connectivity index is 1.22. The fourth-order valence-corrected chi connectivity index (χ4v) is 4.27. The first kappa shape index (κ1) is 25.1. The van der Waals surface area contributed by atoms with Crippen molar-refractivity contribution in [1.29, 1.82) is 0 Å². The second-order valence-corrected chi connectivity index (χ2v) is 9.07. The van der Waals surface area contributed by atoms with Gasteiger partial charge in [0.05, 0.1) is 17.6 Å². The van der Waals surface area contributed by atoms with E-state index in [9.17, 15) is 4.79 Å². The van der Waals surface area contributed by atoms with Crippen LogP contribution < -0.4 is 10.6 Å². The number of nitrogens with zero attached hydrogens (tertiary/aromatic N) is 4. The van der Waals surface area contributed by atoms with Gasteiger partial charge in [-0.2, -0.15) is 0 Å². The molecule has 0 bridgehead atoms. The molecule has 3 N–H and O–H groups in total. The Kier molecular flexibility index (Phi) is 8.33. The number of hydrogen-bond donors (Lipinski definition) is 3. The van der Waals surface area contributed by atoms with Crippen LogP contribution in [0, 0.1) is 0 Å². The molecule has 1 amide bonds. The summed E-state index contributed by atoms with van der Waals surface area (Å²) in [4.78, 5) is 31.8. The van der Waals surface area contributed by atoms with Crippen LogP contribution in [-0.2, 0) is 19.6 Å². The summed E-state index contributed by atoms with van der Waals surface area (Å²) in [5, 5.41) is 6.67. The van der Waals surface area contributed by atoms with E-state index in [1.807, 2.05) is 71.6 Å². The van der Waals surface area contributed by atoms with Crippen molar-refractivity contribution in [2.24, 2.45) is 0 Å². The van der Waals surface area contributed by atoms with Gasteiger partial charge in [-0.15, -0.1) is 0 Å². The Morgan fingerprint density at radius 1 is 0.816 bits per heavy atom. The van der Waals surface area contributed by atoms with Crippen LogP contribution in [-0.4, -0.2) is 43.8 Å². The predicted molar refractivity (Wildman–Crippen MR) is 149 cm³/mol. The molecule has 3 aromatic carbocycles. The number of hydrogen-bond acceptors (Lipinski definition) is 6. The normalized spacial score (nSPS) is 10.9. The van der Waals surface area contributed by atoms with Crippen molar-refractivity contribution < 1.29 is 4.79 Å². The van der Waals surface area contributed by atoms with Crippen molar-refractivity contribution in [2.45, 2.75) is 26.1 Å². The third-order valence-corrected chi connectivity index (χ3v) is 6.22. The molecule has 192 valence electrons. The summed E-state index contributed by atoms with van der Waals surface area (Å²) < 4.78 is 0. The summed E-state index contributed by atoms with van der Waals surface area (Å²) in [6, 6.07) is 27.8. The number of carbonyl (C=O) groups is 1. The molecule has 0 fully saturated rings. The minimum Gasteiger partial charge on any atom is -0.354 e. The number of para-hydroxylation sites is 2. The average Bonchev–Trinajstić information content (AvgIpc) is 3.38. The van der Waals surface area contributed by atoms with Gasteiger partial charge in [0, 0.05) is 44.1 Å². The predicted octanol–water partition coefficient (Wildman–Crippen LogP) is 4.79. The summed E-state index contributed by atoms with van der Waals surface area (Å²) in [5.41, 5.74) is 4.89. The quantitative estimate of drug-likeness (QED) is 0.211. The Morgan fingerprint density at radius 3 is 2.29 bits per heavy atom. The van der Waals surface area contributed by atoms with E-state index in [-0.39, 0.29) is 5.91 Å². The van der Waals surface area contributed by atoms with Gasteiger partial charge in [0.1, 0.15) is 5.82 Å². The van der Waals surface area contributed by atoms with Crippen molar-refractivity contribution in [3.05, 3.63) is 120 Å². The largest absolute Gasteiger partial charge is 0.354 e. The minimum atomic E-state index is -0.0230. The van der Waals surface area contributed by atoms with Crippen molar-refractivity contribution in [3.8, 4) is 0 Å². The van der Waals surface area contributed by atoms with E-state index in [2.05, 4.69) is 42.7 Å². The van der Waals surface area contributed by atoms with Crippen LogP contribution in [0.3, 0.4) is 0 Å². The molecular weight excluding hydrogens is 474 g/mol. The topological polar surface area (TPSA) is 98.8 Å². The highest BCUT2D eigenvalue weighted by Gasteiger charge is 2.18. The van der Waals surface area contributed by atoms with Crippen LogP contribution in [0.15, 0.2) is 97.3 Å². The van der Waals surface area contributed by atoms with Crippen molar-refractivity contribution >= 4 is 22.9 Å². The molecule has 5 aromatic rings. The Labute approximate surface area is 222 Å². The maximum atomic E-state index is 13.6. The molecule has 38 heavy (non-hydrogen) atoms. The third kappa shape index (κ3) is 6.80. The fraction of sp³-hybridized carbons (Fsp3) is 0.200. The molecule has 0 aliphatic carbocycles. The Hall–Kier alpha value is -4.56. The van der Waals surface area contributed by atoms with Gasteiger partial charge in [-0.05, 0) is 47.9 Å². The number of fused-ring (bicyclic) bond motifs is 1. The first-order valence-electron chi connectivity index (χ1n) is 12.8. The van der Waals surface area contributed by atoms with E-state index in [1.165, 1.54) is 5.56 Å². The smallest absolute Gasteiger partial charge is 0.254 e. The second kappa shape index (κ2) is 12.6. The highest BCUT2D eigenvalue weighted by Crippen LogP contribution is 2.15. The molecule has 2 heterocycles. The highest BCUT2D eigenvalue weighted by molar-refractivity contribution is 5.94. The molecule has 0 saturated heterocycles. The first-order valence-corrected chi connectivity index (χ1v) is 12.8. The van der Waals surface area contributed by atoms with E-state index >= 15 is 0 Å². The molecule has 0 atom stereocenters. The summed E-state index contributed by atoms with van der Waals surface area (Å²) in [6.07, 6.45) is 4.15. The van der Waals surface area contributed by atoms with Crippen molar-refractivity contribution in [3.63, 3.8) is 0 Å². The minimum absolute atomic E-state index is 0.0230. The summed E-state index contributed by atoms with van der Waals surface area (Å²) in [7, 11) is 0. The van der Waals surface area contributed by atoms with Gasteiger partial charge in [-0.25, -0.2) is 15.0 Å². The van der Waals surface area contributed by atoms with Gasteiger partial charge in [-0.1, -0.05) is 54.6 Å². The zero-order valence-electron chi connectivity index (χ0n) is 21.2. The van der Waals surface area contributed by atoms with Gasteiger partial charge in [0.25, 0.3) is 5.91 Å². The number of rotatable bonds is 12. The number of amides is 1. The first-order chi connectivity index (χ1) is 18.7. The SMILES string of the molecule is O=C(c1ccc(CNCc2ccccc2)cc1)N(CCCNc1ncccn1)Cc1nc2ccccc2[nH]1. The molecule has 0 spiro atoms. The Bertz CT molecular complexity index is 1400. The monoisotopic (exact) mass is 505 g/mol. The van der Waals surface area contributed by atoms with Gasteiger partial charge in [-0.3, -0.25) is 4.79 Å². The molecular formula is C30H31N7O. The lowest BCUT2D eigenvalue weighted by molar-refractivity contribution is 0.0739. The van der Waals surface area contributed by atoms with Crippen LogP contribution in [0.2, 0.25) is 0 Å². The lowest BCUT2D eigenvalue weighted by Crippen LogP contribution is -2.33. The van der Waals surface area contributed by atoms with Gasteiger partial charge >= 0.3 is 0 Å². The molecule has 2 aromatic heterocycles. The lowest BCUT2D eigenvalue weighted by Gasteiger charge is -2.22. The summed E-state index contributed by atoms with van der Waals surface area (Å²) in [6.45, 7) is 3.15. The van der Waals surface area contributed by atoms with Crippen LogP contribution in [0.1, 0.15) is 33.7 Å². The highest BCUT2D eigenvalue weighted by atomic mass is 16.2. The van der Waals surface area contributed by atoms with Crippen LogP contribution in [0.5, 0.6) is 0 Å². The van der Waals surface area contributed by atoms with Gasteiger partial charge < -0.3 is 20.5 Å². The third-order valence-electron chi connectivity index (χ3n) is 6.22. The number of nitrogens with one attached hydrogen (secondary N) is 3. The van der Waals surface area contributed by atoms with E-state index in [4.69, 9.17) is 0 Å². The molecule has 0 saturated carbocycles. The molecule has 0 aliphatic heterocycles. The summed E-state index contributed by atoms with van der Waals surface area (Å²) in [5.74, 6) is 1.32. The lowest BCUT2D eigenvalue weighted by atomic mass is 10.1. The zero-order chi connectivity index (χ0) is 26.0. The number of aromatic amines is 1. The number of anilines is 1. The number of aromatic nitrogens is 4. The van der Waals surface area contributed by atoms with Gasteiger partial charge in [0.15, 0.2) is 0 Å². The molecule has 0 aliphatic rings. The number of benzene rings is 3. The average molecular weight is 506 g/mol. The number of imidazole rings is 1. The van der Waals surface area contributed by atoms with E-state index in [1.54, 1.807) is 18.5 Å². The number of carbonyl (C=O) groups excluding carboxylic acids is 1. The zero-order valence-corrected chi connectivity index (χ0v) is 21.2. The molecule has 5 rings (SSSR count). The second-order valence-electron chi connectivity index (χ2n) is 9.07. The standard InChI is InChI=1S/C30H31N7O/c38-29(25-14-12-24(13-15-25)21-31-20-23-8-2-1-3-9-23)37(19-7-18-34-30-32-16-6-17-33-30)22-28-35-26-10-4-5-11-27(26)36-28/h1-6,8-17,31H,7,18-22H2,(H,35,36)(H,32,33,34). The molecule has 8 heteroatoms. The van der Waals surface area contributed by atoms with Gasteiger partial charge in [0.2, 0.25) is 5.95 Å². The maximum absolute atomic E-state index is 13.6. The van der Waals surface area contributed by atoms with Crippen LogP contribution >= 0.6 is 0 Å². The Morgan fingerprint density at radius 2 is 1.53 bits per heavy atom. The summed E-state index contributed by atoms with van der Waals surface area (Å²) >= 11 is 0. The van der Waals surface area contributed by atoms with E-state index < -0.39 is 0 Å². The maximum Gasteiger partial charge on any atom is 0.254 e. The van der Waals surface area contributed by atoms with E-state index in [0.717, 1.165) is 41.9 Å². The van der Waals surface area contributed by atoms with Crippen molar-refractivity contribution in [2.75, 3.05) is 18.4 Å². The van der Waals surface area contributed by atoms with E-state index in [0.29, 0.717) is 31.1 Å². The molecule has 0 unspecified atom stereocenters. The van der Waals surface area contributed by atoms with Crippen molar-refractivity contribution in [1.82, 2.24) is 30.2 Å².